The maximum absolute atomic E-state index is 12.7. The lowest BCUT2D eigenvalue weighted by molar-refractivity contribution is -0.158. The SMILES string of the molecule is COc1ccc(CCO[C@H]2CCCC[C@H]2N2C(=O)C[C@H](OC(C)=O)C2=O)cc1OC. The number of likely N-dealkylation sites (tertiary alicyclic amines) is 1. The van der Waals surface area contributed by atoms with E-state index < -0.39 is 18.0 Å². The summed E-state index contributed by atoms with van der Waals surface area (Å²) in [6.07, 6.45) is 2.75. The molecule has 1 saturated carbocycles. The summed E-state index contributed by atoms with van der Waals surface area (Å²) in [6, 6.07) is 5.41. The molecule has 1 aromatic carbocycles. The zero-order valence-electron chi connectivity index (χ0n) is 17.7. The summed E-state index contributed by atoms with van der Waals surface area (Å²) in [5, 5.41) is 0. The van der Waals surface area contributed by atoms with Crippen molar-refractivity contribution in [2.75, 3.05) is 20.8 Å². The number of rotatable bonds is 8. The van der Waals surface area contributed by atoms with Crippen LogP contribution in [-0.4, -0.2) is 61.8 Å². The average molecular weight is 419 g/mol. The third-order valence-corrected chi connectivity index (χ3v) is 5.62. The molecule has 0 bridgehead atoms. The number of methoxy groups -OCH3 is 2. The van der Waals surface area contributed by atoms with Crippen molar-refractivity contribution in [1.29, 1.82) is 0 Å². The van der Waals surface area contributed by atoms with Gasteiger partial charge in [-0.05, 0) is 37.0 Å². The minimum atomic E-state index is -1.01. The second-order valence-corrected chi connectivity index (χ2v) is 7.60. The molecule has 0 spiro atoms. The molecule has 0 aromatic heterocycles. The van der Waals surface area contributed by atoms with Crippen LogP contribution in [-0.2, 0) is 30.3 Å². The molecular weight excluding hydrogens is 390 g/mol. The number of carbonyl (C=O) groups excluding carboxylic acids is 3. The maximum atomic E-state index is 12.7. The second kappa shape index (κ2) is 9.93. The maximum Gasteiger partial charge on any atom is 0.303 e. The van der Waals surface area contributed by atoms with Crippen molar-refractivity contribution in [1.82, 2.24) is 4.90 Å². The summed E-state index contributed by atoms with van der Waals surface area (Å²) in [5.41, 5.74) is 1.04. The summed E-state index contributed by atoms with van der Waals surface area (Å²) in [7, 11) is 3.19. The lowest BCUT2D eigenvalue weighted by atomic mass is 9.91. The van der Waals surface area contributed by atoms with Crippen LogP contribution in [0, 0.1) is 0 Å². The summed E-state index contributed by atoms with van der Waals surface area (Å²) >= 11 is 0. The molecule has 3 rings (SSSR count). The Balaban J connectivity index is 1.62. The molecule has 1 aromatic rings. The smallest absolute Gasteiger partial charge is 0.303 e. The normalized spacial score (nSPS) is 24.1. The molecule has 0 N–H and O–H groups in total. The highest BCUT2D eigenvalue weighted by Crippen LogP contribution is 2.31. The van der Waals surface area contributed by atoms with Gasteiger partial charge in [0.2, 0.25) is 5.91 Å². The van der Waals surface area contributed by atoms with E-state index >= 15 is 0 Å². The number of esters is 1. The van der Waals surface area contributed by atoms with E-state index in [1.54, 1.807) is 14.2 Å². The van der Waals surface area contributed by atoms with E-state index in [2.05, 4.69) is 0 Å². The van der Waals surface area contributed by atoms with Crippen LogP contribution in [0.15, 0.2) is 18.2 Å². The Bertz CT molecular complexity index is 794. The van der Waals surface area contributed by atoms with Gasteiger partial charge in [0.25, 0.3) is 5.91 Å². The first-order chi connectivity index (χ1) is 14.4. The molecule has 2 fully saturated rings. The number of benzene rings is 1. The number of imide groups is 1. The molecule has 1 aliphatic carbocycles. The first-order valence-electron chi connectivity index (χ1n) is 10.3. The first kappa shape index (κ1) is 22.1. The van der Waals surface area contributed by atoms with Crippen molar-refractivity contribution < 1.29 is 33.3 Å². The van der Waals surface area contributed by atoms with Crippen LogP contribution < -0.4 is 9.47 Å². The predicted octanol–water partition coefficient (Wildman–Crippen LogP) is 2.26. The molecule has 30 heavy (non-hydrogen) atoms. The zero-order chi connectivity index (χ0) is 21.7. The van der Waals surface area contributed by atoms with Crippen LogP contribution in [0.3, 0.4) is 0 Å². The molecule has 1 aliphatic heterocycles. The molecule has 0 unspecified atom stereocenters. The Kier molecular flexibility index (Phi) is 7.31. The fourth-order valence-corrected chi connectivity index (χ4v) is 4.19. The fourth-order valence-electron chi connectivity index (χ4n) is 4.19. The minimum Gasteiger partial charge on any atom is -0.493 e. The van der Waals surface area contributed by atoms with Gasteiger partial charge in [-0.3, -0.25) is 19.3 Å². The van der Waals surface area contributed by atoms with Gasteiger partial charge in [0.1, 0.15) is 0 Å². The standard InChI is InChI=1S/C22H29NO7/c1-14(24)30-20-13-21(25)23(22(20)26)16-6-4-5-7-17(16)29-11-10-15-8-9-18(27-2)19(12-15)28-3/h8-9,12,16-17,20H,4-7,10-11,13H2,1-3H3/t16-,17+,20+/m1/s1. The molecule has 2 amide bonds. The molecule has 1 heterocycles. The predicted molar refractivity (Wildman–Crippen MR) is 107 cm³/mol. The zero-order valence-corrected chi connectivity index (χ0v) is 17.7. The second-order valence-electron chi connectivity index (χ2n) is 7.60. The van der Waals surface area contributed by atoms with Gasteiger partial charge in [0.15, 0.2) is 17.6 Å². The van der Waals surface area contributed by atoms with Crippen molar-refractivity contribution in [3.63, 3.8) is 0 Å². The van der Waals surface area contributed by atoms with Crippen LogP contribution in [0.2, 0.25) is 0 Å². The van der Waals surface area contributed by atoms with Crippen molar-refractivity contribution in [3.05, 3.63) is 23.8 Å². The molecule has 3 atom stereocenters. The lowest BCUT2D eigenvalue weighted by Crippen LogP contribution is -2.50. The van der Waals surface area contributed by atoms with E-state index in [1.807, 2.05) is 18.2 Å². The first-order valence-corrected chi connectivity index (χ1v) is 10.3. The number of hydrogen-bond acceptors (Lipinski definition) is 7. The third-order valence-electron chi connectivity index (χ3n) is 5.62. The van der Waals surface area contributed by atoms with Gasteiger partial charge in [-0.2, -0.15) is 0 Å². The third kappa shape index (κ3) is 4.92. The van der Waals surface area contributed by atoms with Crippen LogP contribution >= 0.6 is 0 Å². The van der Waals surface area contributed by atoms with E-state index in [0.717, 1.165) is 24.8 Å². The van der Waals surface area contributed by atoms with Gasteiger partial charge >= 0.3 is 5.97 Å². The van der Waals surface area contributed by atoms with Gasteiger partial charge < -0.3 is 18.9 Å². The van der Waals surface area contributed by atoms with Crippen LogP contribution in [0.25, 0.3) is 0 Å². The summed E-state index contributed by atoms with van der Waals surface area (Å²) in [4.78, 5) is 37.6. The largest absolute Gasteiger partial charge is 0.493 e. The molecule has 8 heteroatoms. The number of amides is 2. The molecule has 2 aliphatic rings. The minimum absolute atomic E-state index is 0.0900. The number of ether oxygens (including phenoxy) is 4. The van der Waals surface area contributed by atoms with E-state index in [0.29, 0.717) is 30.9 Å². The van der Waals surface area contributed by atoms with Crippen LogP contribution in [0.4, 0.5) is 0 Å². The highest BCUT2D eigenvalue weighted by molar-refractivity contribution is 6.06. The lowest BCUT2D eigenvalue weighted by Gasteiger charge is -2.36. The quantitative estimate of drug-likeness (QED) is 0.471. The molecular formula is C22H29NO7. The van der Waals surface area contributed by atoms with Crippen molar-refractivity contribution >= 4 is 17.8 Å². The van der Waals surface area contributed by atoms with Crippen LogP contribution in [0.5, 0.6) is 11.5 Å². The summed E-state index contributed by atoms with van der Waals surface area (Å²) in [6.45, 7) is 1.70. The Morgan fingerprint density at radius 1 is 1.10 bits per heavy atom. The highest BCUT2D eigenvalue weighted by atomic mass is 16.5. The monoisotopic (exact) mass is 419 g/mol. The number of hydrogen-bond donors (Lipinski definition) is 0. The van der Waals surface area contributed by atoms with E-state index in [4.69, 9.17) is 18.9 Å². The van der Waals surface area contributed by atoms with Crippen molar-refractivity contribution in [2.45, 2.75) is 63.7 Å². The molecule has 8 nitrogen and oxygen atoms in total. The van der Waals surface area contributed by atoms with Gasteiger partial charge in [-0.25, -0.2) is 0 Å². The summed E-state index contributed by atoms with van der Waals surface area (Å²) in [5.74, 6) is 0.0369. The highest BCUT2D eigenvalue weighted by Gasteiger charge is 2.47. The van der Waals surface area contributed by atoms with Gasteiger partial charge in [-0.1, -0.05) is 18.9 Å². The Morgan fingerprint density at radius 3 is 2.53 bits per heavy atom. The number of carbonyl (C=O) groups is 3. The number of nitrogens with zero attached hydrogens (tertiary/aromatic N) is 1. The molecule has 1 saturated heterocycles. The fraction of sp³-hybridized carbons (Fsp3) is 0.591. The van der Waals surface area contributed by atoms with Crippen molar-refractivity contribution in [2.24, 2.45) is 0 Å². The Hall–Kier alpha value is -2.61. The van der Waals surface area contributed by atoms with Gasteiger partial charge in [0.05, 0.1) is 39.4 Å². The topological polar surface area (TPSA) is 91.4 Å². The van der Waals surface area contributed by atoms with E-state index in [1.165, 1.54) is 11.8 Å². The van der Waals surface area contributed by atoms with E-state index in [-0.39, 0.29) is 24.5 Å². The summed E-state index contributed by atoms with van der Waals surface area (Å²) < 4.78 is 21.7. The molecule has 0 radical (unpaired) electrons. The van der Waals surface area contributed by atoms with Gasteiger partial charge in [-0.15, -0.1) is 0 Å². The van der Waals surface area contributed by atoms with Gasteiger partial charge in [0, 0.05) is 6.92 Å². The molecule has 164 valence electrons. The average Bonchev–Trinajstić information content (AvgIpc) is 3.00. The Morgan fingerprint density at radius 2 is 1.83 bits per heavy atom. The Labute approximate surface area is 176 Å². The van der Waals surface area contributed by atoms with Crippen LogP contribution in [0.1, 0.15) is 44.6 Å². The van der Waals surface area contributed by atoms with E-state index in [9.17, 15) is 14.4 Å². The van der Waals surface area contributed by atoms with Crippen molar-refractivity contribution in [3.8, 4) is 11.5 Å².